The number of hydrogen-bond donors (Lipinski definition) is 3. The number of hydrogen-bond acceptors (Lipinski definition) is 4. The van der Waals surface area contributed by atoms with Crippen LogP contribution in [0.2, 0.25) is 5.28 Å². The SMILES string of the molecule is Cc1c[nH]c2nc(Cl)nc(NC3CCCNC3)c12.Cl. The number of anilines is 1. The van der Waals surface area contributed by atoms with Crippen LogP contribution in [0.1, 0.15) is 18.4 Å². The molecule has 1 saturated heterocycles. The van der Waals surface area contributed by atoms with Crippen LogP contribution in [0.4, 0.5) is 5.82 Å². The Morgan fingerprint density at radius 3 is 3.00 bits per heavy atom. The summed E-state index contributed by atoms with van der Waals surface area (Å²) in [5.41, 5.74) is 1.92. The molecule has 1 aliphatic rings. The number of H-pyrrole nitrogens is 1. The van der Waals surface area contributed by atoms with E-state index < -0.39 is 0 Å². The highest BCUT2D eigenvalue weighted by atomic mass is 35.5. The number of rotatable bonds is 2. The van der Waals surface area contributed by atoms with E-state index in [0.717, 1.165) is 41.9 Å². The van der Waals surface area contributed by atoms with Gasteiger partial charge in [-0.25, -0.2) is 4.98 Å². The Labute approximate surface area is 123 Å². The van der Waals surface area contributed by atoms with Gasteiger partial charge in [0.1, 0.15) is 11.5 Å². The monoisotopic (exact) mass is 301 g/mol. The fourth-order valence-corrected chi connectivity index (χ4v) is 2.60. The maximum atomic E-state index is 5.95. The van der Waals surface area contributed by atoms with Gasteiger partial charge in [-0.1, -0.05) is 0 Å². The molecule has 0 aliphatic carbocycles. The third kappa shape index (κ3) is 2.94. The normalized spacial score (nSPS) is 19.2. The number of fused-ring (bicyclic) bond motifs is 1. The standard InChI is InChI=1S/C12H16ClN5.ClH/c1-7-5-15-10-9(7)11(18-12(13)17-10)16-8-3-2-4-14-6-8;/h5,8,14H,2-4,6H2,1H3,(H2,15,16,17,18);1H. The summed E-state index contributed by atoms with van der Waals surface area (Å²) < 4.78 is 0. The van der Waals surface area contributed by atoms with Gasteiger partial charge in [0, 0.05) is 18.8 Å². The second kappa shape index (κ2) is 5.94. The first kappa shape index (κ1) is 14.4. The molecule has 0 spiro atoms. The predicted molar refractivity (Wildman–Crippen MR) is 80.4 cm³/mol. The molecule has 2 aromatic heterocycles. The molecule has 0 radical (unpaired) electrons. The van der Waals surface area contributed by atoms with E-state index in [9.17, 15) is 0 Å². The van der Waals surface area contributed by atoms with Crippen LogP contribution in [0.5, 0.6) is 0 Å². The predicted octanol–water partition coefficient (Wildman–Crippen LogP) is 2.51. The molecule has 7 heteroatoms. The number of nitrogens with one attached hydrogen (secondary N) is 3. The van der Waals surface area contributed by atoms with Gasteiger partial charge in [0.25, 0.3) is 0 Å². The van der Waals surface area contributed by atoms with Crippen molar-refractivity contribution in [2.45, 2.75) is 25.8 Å². The van der Waals surface area contributed by atoms with Gasteiger partial charge in [-0.2, -0.15) is 4.98 Å². The Morgan fingerprint density at radius 2 is 2.26 bits per heavy atom. The highest BCUT2D eigenvalue weighted by Gasteiger charge is 2.17. The molecule has 1 fully saturated rings. The lowest BCUT2D eigenvalue weighted by molar-refractivity contribution is 0.479. The third-order valence-electron chi connectivity index (χ3n) is 3.34. The van der Waals surface area contributed by atoms with Crippen LogP contribution in [-0.2, 0) is 0 Å². The number of aryl methyl sites for hydroxylation is 1. The second-order valence-corrected chi connectivity index (χ2v) is 5.06. The molecular formula is C12H17Cl2N5. The summed E-state index contributed by atoms with van der Waals surface area (Å²) in [6.45, 7) is 4.11. The molecule has 2 aromatic rings. The van der Waals surface area contributed by atoms with Crippen LogP contribution >= 0.6 is 24.0 Å². The molecule has 3 rings (SSSR count). The maximum Gasteiger partial charge on any atom is 0.226 e. The van der Waals surface area contributed by atoms with E-state index in [-0.39, 0.29) is 17.7 Å². The van der Waals surface area contributed by atoms with Crippen molar-refractivity contribution >= 4 is 40.9 Å². The molecule has 19 heavy (non-hydrogen) atoms. The summed E-state index contributed by atoms with van der Waals surface area (Å²) in [6.07, 6.45) is 4.27. The Bertz CT molecular complexity index is 562. The van der Waals surface area contributed by atoms with Gasteiger partial charge < -0.3 is 15.6 Å². The molecule has 0 saturated carbocycles. The van der Waals surface area contributed by atoms with Crippen molar-refractivity contribution in [3.8, 4) is 0 Å². The maximum absolute atomic E-state index is 5.95. The average Bonchev–Trinajstić information content (AvgIpc) is 2.72. The van der Waals surface area contributed by atoms with Crippen molar-refractivity contribution in [3.63, 3.8) is 0 Å². The molecule has 0 bridgehead atoms. The van der Waals surface area contributed by atoms with Crippen molar-refractivity contribution in [3.05, 3.63) is 17.0 Å². The van der Waals surface area contributed by atoms with Crippen molar-refractivity contribution in [2.75, 3.05) is 18.4 Å². The zero-order valence-corrected chi connectivity index (χ0v) is 12.2. The van der Waals surface area contributed by atoms with Crippen molar-refractivity contribution in [1.82, 2.24) is 20.3 Å². The van der Waals surface area contributed by atoms with Gasteiger partial charge in [-0.15, -0.1) is 12.4 Å². The van der Waals surface area contributed by atoms with E-state index in [2.05, 4.69) is 25.6 Å². The fourth-order valence-electron chi connectivity index (χ4n) is 2.43. The second-order valence-electron chi connectivity index (χ2n) is 4.72. The Balaban J connectivity index is 0.00000133. The van der Waals surface area contributed by atoms with E-state index >= 15 is 0 Å². The molecular weight excluding hydrogens is 285 g/mol. The van der Waals surface area contributed by atoms with E-state index in [1.165, 1.54) is 6.42 Å². The van der Waals surface area contributed by atoms with E-state index in [4.69, 9.17) is 11.6 Å². The zero-order chi connectivity index (χ0) is 12.5. The lowest BCUT2D eigenvalue weighted by atomic mass is 10.1. The van der Waals surface area contributed by atoms with Crippen molar-refractivity contribution in [2.24, 2.45) is 0 Å². The van der Waals surface area contributed by atoms with Crippen LogP contribution in [0.15, 0.2) is 6.20 Å². The summed E-state index contributed by atoms with van der Waals surface area (Å²) in [4.78, 5) is 11.6. The molecule has 3 heterocycles. The van der Waals surface area contributed by atoms with E-state index in [0.29, 0.717) is 6.04 Å². The molecule has 5 nitrogen and oxygen atoms in total. The minimum absolute atomic E-state index is 0. The molecule has 104 valence electrons. The molecule has 1 aliphatic heterocycles. The number of aromatic amines is 1. The van der Waals surface area contributed by atoms with Gasteiger partial charge in [-0.05, 0) is 43.5 Å². The topological polar surface area (TPSA) is 65.6 Å². The zero-order valence-electron chi connectivity index (χ0n) is 10.7. The molecule has 0 amide bonds. The summed E-state index contributed by atoms with van der Waals surface area (Å²) in [5, 5.41) is 8.16. The minimum Gasteiger partial charge on any atom is -0.365 e. The molecule has 3 N–H and O–H groups in total. The summed E-state index contributed by atoms with van der Waals surface area (Å²) in [5.74, 6) is 0.831. The largest absolute Gasteiger partial charge is 0.365 e. The number of halogens is 2. The van der Waals surface area contributed by atoms with Crippen molar-refractivity contribution in [1.29, 1.82) is 0 Å². The fraction of sp³-hybridized carbons (Fsp3) is 0.500. The van der Waals surface area contributed by atoms with E-state index in [1.54, 1.807) is 0 Å². The van der Waals surface area contributed by atoms with Crippen LogP contribution in [-0.4, -0.2) is 34.1 Å². The molecule has 1 atom stereocenters. The first-order valence-corrected chi connectivity index (χ1v) is 6.60. The third-order valence-corrected chi connectivity index (χ3v) is 3.51. The lowest BCUT2D eigenvalue weighted by Gasteiger charge is -2.24. The summed E-state index contributed by atoms with van der Waals surface area (Å²) in [7, 11) is 0. The molecule has 1 unspecified atom stereocenters. The first-order valence-electron chi connectivity index (χ1n) is 6.22. The summed E-state index contributed by atoms with van der Waals surface area (Å²) in [6, 6.07) is 0.405. The highest BCUT2D eigenvalue weighted by Crippen LogP contribution is 2.26. The Hall–Kier alpha value is -1.04. The van der Waals surface area contributed by atoms with Crippen LogP contribution in [0, 0.1) is 6.92 Å². The van der Waals surface area contributed by atoms with Gasteiger partial charge in [0.2, 0.25) is 5.28 Å². The quantitative estimate of drug-likeness (QED) is 0.746. The number of aromatic nitrogens is 3. The van der Waals surface area contributed by atoms with Crippen LogP contribution in [0.25, 0.3) is 11.0 Å². The average molecular weight is 302 g/mol. The first-order chi connectivity index (χ1) is 8.74. The minimum atomic E-state index is 0. The molecule has 0 aromatic carbocycles. The van der Waals surface area contributed by atoms with Gasteiger partial charge in [-0.3, -0.25) is 0 Å². The van der Waals surface area contributed by atoms with Gasteiger partial charge in [0.05, 0.1) is 5.39 Å². The Kier molecular flexibility index (Phi) is 4.50. The smallest absolute Gasteiger partial charge is 0.226 e. The van der Waals surface area contributed by atoms with Gasteiger partial charge >= 0.3 is 0 Å². The summed E-state index contributed by atoms with van der Waals surface area (Å²) >= 11 is 5.95. The van der Waals surface area contributed by atoms with Crippen LogP contribution in [0.3, 0.4) is 0 Å². The number of piperidine rings is 1. The Morgan fingerprint density at radius 1 is 1.42 bits per heavy atom. The lowest BCUT2D eigenvalue weighted by Crippen LogP contribution is -2.38. The van der Waals surface area contributed by atoms with Gasteiger partial charge in [0.15, 0.2) is 0 Å². The number of nitrogens with zero attached hydrogens (tertiary/aromatic N) is 2. The van der Waals surface area contributed by atoms with Crippen molar-refractivity contribution < 1.29 is 0 Å². The van der Waals surface area contributed by atoms with Crippen LogP contribution < -0.4 is 10.6 Å². The highest BCUT2D eigenvalue weighted by molar-refractivity contribution is 6.28. The van der Waals surface area contributed by atoms with E-state index in [1.807, 2.05) is 13.1 Å².